The van der Waals surface area contributed by atoms with Gasteiger partial charge in [0.2, 0.25) is 0 Å². The SMILES string of the molecule is O=C(O)c1ccc(CSc2nncs2)c(Br)c1. The number of aromatic nitrogens is 2. The van der Waals surface area contributed by atoms with Crippen LogP contribution >= 0.6 is 39.0 Å². The number of halogens is 1. The molecule has 88 valence electrons. The molecule has 0 amide bonds. The van der Waals surface area contributed by atoms with Gasteiger partial charge in [-0.2, -0.15) is 0 Å². The summed E-state index contributed by atoms with van der Waals surface area (Å²) in [5, 5.41) is 16.5. The first kappa shape index (κ1) is 12.5. The van der Waals surface area contributed by atoms with Crippen LogP contribution < -0.4 is 0 Å². The number of carboxylic acid groups (broad SMARTS) is 1. The summed E-state index contributed by atoms with van der Waals surface area (Å²) >= 11 is 6.43. The molecular weight excluding hydrogens is 324 g/mol. The Balaban J connectivity index is 2.09. The molecule has 0 unspecified atom stereocenters. The molecule has 1 heterocycles. The molecule has 1 aromatic heterocycles. The van der Waals surface area contributed by atoms with Crippen LogP contribution in [0.5, 0.6) is 0 Å². The fraction of sp³-hybridized carbons (Fsp3) is 0.100. The second-order valence-corrected chi connectivity index (χ2v) is 6.01. The molecule has 0 bridgehead atoms. The lowest BCUT2D eigenvalue weighted by molar-refractivity contribution is 0.0697. The van der Waals surface area contributed by atoms with E-state index < -0.39 is 5.97 Å². The lowest BCUT2D eigenvalue weighted by Gasteiger charge is -2.03. The van der Waals surface area contributed by atoms with Gasteiger partial charge in [0.25, 0.3) is 0 Å². The number of carbonyl (C=O) groups is 1. The van der Waals surface area contributed by atoms with Crippen molar-refractivity contribution in [3.63, 3.8) is 0 Å². The lowest BCUT2D eigenvalue weighted by Crippen LogP contribution is -1.96. The zero-order valence-corrected chi connectivity index (χ0v) is 11.7. The van der Waals surface area contributed by atoms with E-state index in [1.165, 1.54) is 11.3 Å². The van der Waals surface area contributed by atoms with Crippen molar-refractivity contribution in [3.8, 4) is 0 Å². The van der Waals surface area contributed by atoms with Crippen LogP contribution in [0.15, 0.2) is 32.5 Å². The average Bonchev–Trinajstić information content (AvgIpc) is 2.80. The van der Waals surface area contributed by atoms with E-state index in [0.717, 1.165) is 20.1 Å². The molecule has 0 aliphatic carbocycles. The van der Waals surface area contributed by atoms with Crippen LogP contribution in [-0.4, -0.2) is 21.3 Å². The highest BCUT2D eigenvalue weighted by Crippen LogP contribution is 2.28. The minimum Gasteiger partial charge on any atom is -0.478 e. The Morgan fingerprint density at radius 1 is 1.53 bits per heavy atom. The fourth-order valence-corrected chi connectivity index (χ4v) is 3.36. The quantitative estimate of drug-likeness (QED) is 0.871. The van der Waals surface area contributed by atoms with Gasteiger partial charge >= 0.3 is 5.97 Å². The molecule has 0 radical (unpaired) electrons. The van der Waals surface area contributed by atoms with Crippen LogP contribution in [0.2, 0.25) is 0 Å². The van der Waals surface area contributed by atoms with E-state index in [0.29, 0.717) is 0 Å². The van der Waals surface area contributed by atoms with Crippen molar-refractivity contribution in [3.05, 3.63) is 39.3 Å². The molecule has 2 aromatic rings. The largest absolute Gasteiger partial charge is 0.478 e. The normalized spacial score (nSPS) is 10.4. The third-order valence-corrected chi connectivity index (χ3v) is 4.64. The zero-order valence-electron chi connectivity index (χ0n) is 8.46. The maximum Gasteiger partial charge on any atom is 0.335 e. The summed E-state index contributed by atoms with van der Waals surface area (Å²) in [7, 11) is 0. The first-order chi connectivity index (χ1) is 8.16. The van der Waals surface area contributed by atoms with Crippen LogP contribution in [0.4, 0.5) is 0 Å². The van der Waals surface area contributed by atoms with Crippen molar-refractivity contribution >= 4 is 45.0 Å². The summed E-state index contributed by atoms with van der Waals surface area (Å²) in [6.45, 7) is 0. The van der Waals surface area contributed by atoms with Crippen molar-refractivity contribution in [1.29, 1.82) is 0 Å². The van der Waals surface area contributed by atoms with Gasteiger partial charge in [0, 0.05) is 10.2 Å². The van der Waals surface area contributed by atoms with Crippen LogP contribution in [0.3, 0.4) is 0 Å². The molecule has 0 saturated heterocycles. The fourth-order valence-electron chi connectivity index (χ4n) is 1.16. The average molecular weight is 331 g/mol. The Morgan fingerprint density at radius 3 is 2.94 bits per heavy atom. The van der Waals surface area contributed by atoms with Gasteiger partial charge in [-0.25, -0.2) is 4.79 Å². The molecular formula is C10H7BrN2O2S2. The third kappa shape index (κ3) is 3.27. The molecule has 0 spiro atoms. The van der Waals surface area contributed by atoms with Gasteiger partial charge in [0.15, 0.2) is 4.34 Å². The van der Waals surface area contributed by atoms with Crippen molar-refractivity contribution in [2.75, 3.05) is 0 Å². The van der Waals surface area contributed by atoms with E-state index in [2.05, 4.69) is 26.1 Å². The highest BCUT2D eigenvalue weighted by Gasteiger charge is 2.07. The maximum atomic E-state index is 10.8. The lowest BCUT2D eigenvalue weighted by atomic mass is 10.1. The Bertz CT molecular complexity index is 531. The molecule has 0 aliphatic rings. The van der Waals surface area contributed by atoms with Gasteiger partial charge in [-0.3, -0.25) is 0 Å². The highest BCUT2D eigenvalue weighted by atomic mass is 79.9. The van der Waals surface area contributed by atoms with Gasteiger partial charge in [-0.1, -0.05) is 45.1 Å². The summed E-state index contributed by atoms with van der Waals surface area (Å²) in [4.78, 5) is 10.8. The molecule has 4 nitrogen and oxygen atoms in total. The Kier molecular flexibility index (Phi) is 4.14. The topological polar surface area (TPSA) is 63.1 Å². The number of aromatic carboxylic acids is 1. The predicted octanol–water partition coefficient (Wildman–Crippen LogP) is 3.29. The molecule has 0 atom stereocenters. The molecule has 0 fully saturated rings. The summed E-state index contributed by atoms with van der Waals surface area (Å²) in [6, 6.07) is 5.02. The number of thioether (sulfide) groups is 1. The van der Waals surface area contributed by atoms with Crippen LogP contribution in [0.25, 0.3) is 0 Å². The van der Waals surface area contributed by atoms with E-state index in [1.807, 2.05) is 6.07 Å². The van der Waals surface area contributed by atoms with Gasteiger partial charge in [-0.05, 0) is 17.7 Å². The van der Waals surface area contributed by atoms with Gasteiger partial charge in [0.05, 0.1) is 5.56 Å². The Labute approximate surface area is 114 Å². The summed E-state index contributed by atoms with van der Waals surface area (Å²) < 4.78 is 1.70. The number of benzene rings is 1. The van der Waals surface area contributed by atoms with E-state index in [1.54, 1.807) is 29.4 Å². The first-order valence-corrected chi connectivity index (χ1v) is 7.23. The van der Waals surface area contributed by atoms with Gasteiger partial charge in [-0.15, -0.1) is 10.2 Å². The number of hydrogen-bond donors (Lipinski definition) is 1. The van der Waals surface area contributed by atoms with Crippen LogP contribution in [-0.2, 0) is 5.75 Å². The number of carboxylic acids is 1. The molecule has 7 heteroatoms. The minimum absolute atomic E-state index is 0.279. The van der Waals surface area contributed by atoms with Crippen molar-refractivity contribution < 1.29 is 9.90 Å². The van der Waals surface area contributed by atoms with Crippen LogP contribution in [0, 0.1) is 0 Å². The van der Waals surface area contributed by atoms with E-state index in [-0.39, 0.29) is 5.56 Å². The van der Waals surface area contributed by atoms with Gasteiger partial charge in [0.1, 0.15) is 5.51 Å². The molecule has 2 rings (SSSR count). The molecule has 1 aromatic carbocycles. The number of hydrogen-bond acceptors (Lipinski definition) is 5. The monoisotopic (exact) mass is 330 g/mol. The van der Waals surface area contributed by atoms with Gasteiger partial charge < -0.3 is 5.11 Å². The summed E-state index contributed by atoms with van der Waals surface area (Å²) in [5.74, 6) is -0.190. The Morgan fingerprint density at radius 2 is 2.35 bits per heavy atom. The predicted molar refractivity (Wildman–Crippen MR) is 70.6 cm³/mol. The Hall–Kier alpha value is -0.920. The van der Waals surface area contributed by atoms with Crippen molar-refractivity contribution in [2.24, 2.45) is 0 Å². The molecule has 0 aliphatic heterocycles. The van der Waals surface area contributed by atoms with Crippen LogP contribution in [0.1, 0.15) is 15.9 Å². The standard InChI is InChI=1S/C10H7BrN2O2S2/c11-8-3-6(9(14)15)1-2-7(8)4-16-10-13-12-5-17-10/h1-3,5H,4H2,(H,14,15). The molecule has 17 heavy (non-hydrogen) atoms. The summed E-state index contributed by atoms with van der Waals surface area (Å²) in [5.41, 5.74) is 3.00. The van der Waals surface area contributed by atoms with Crippen molar-refractivity contribution in [1.82, 2.24) is 10.2 Å². The van der Waals surface area contributed by atoms with Crippen molar-refractivity contribution in [2.45, 2.75) is 10.1 Å². The molecule has 1 N–H and O–H groups in total. The zero-order chi connectivity index (χ0) is 12.3. The summed E-state index contributed by atoms with van der Waals surface area (Å²) in [6.07, 6.45) is 0. The smallest absolute Gasteiger partial charge is 0.335 e. The van der Waals surface area contributed by atoms with E-state index in [4.69, 9.17) is 5.11 Å². The number of nitrogens with zero attached hydrogens (tertiary/aromatic N) is 2. The van der Waals surface area contributed by atoms with E-state index >= 15 is 0 Å². The third-order valence-electron chi connectivity index (χ3n) is 1.99. The van der Waals surface area contributed by atoms with E-state index in [9.17, 15) is 4.79 Å². The number of rotatable bonds is 4. The second kappa shape index (κ2) is 5.61. The first-order valence-electron chi connectivity index (χ1n) is 4.57. The minimum atomic E-state index is -0.922. The molecule has 0 saturated carbocycles. The maximum absolute atomic E-state index is 10.8. The highest BCUT2D eigenvalue weighted by molar-refractivity contribution is 9.10. The second-order valence-electron chi connectivity index (χ2n) is 3.10.